The number of carbonyl (C=O) groups excluding carboxylic acids is 2. The number of fused-ring (bicyclic) bond motifs is 1. The number of benzene rings is 1. The maximum absolute atomic E-state index is 13.5. The summed E-state index contributed by atoms with van der Waals surface area (Å²) in [7, 11) is -1.22. The van der Waals surface area contributed by atoms with Gasteiger partial charge in [0.25, 0.3) is 0 Å². The monoisotopic (exact) mass is 535 g/mol. The summed E-state index contributed by atoms with van der Waals surface area (Å²) in [6, 6.07) is 5.34. The van der Waals surface area contributed by atoms with Crippen LogP contribution in [0.1, 0.15) is 70.9 Å². The second-order valence-corrected chi connectivity index (χ2v) is 12.6. The van der Waals surface area contributed by atoms with Gasteiger partial charge in [-0.3, -0.25) is 4.79 Å². The lowest BCUT2D eigenvalue weighted by molar-refractivity contribution is -0.207. The van der Waals surface area contributed by atoms with E-state index in [2.05, 4.69) is 33.4 Å². The van der Waals surface area contributed by atoms with E-state index in [1.165, 1.54) is 0 Å². The van der Waals surface area contributed by atoms with Crippen LogP contribution in [0.3, 0.4) is 0 Å². The number of nitrogens with zero attached hydrogens (tertiary/aromatic N) is 1. The average molecular weight is 535 g/mol. The molecule has 208 valence electrons. The van der Waals surface area contributed by atoms with Crippen LogP contribution in [0, 0.1) is 45.3 Å². The number of aliphatic hydroxyl groups is 1. The van der Waals surface area contributed by atoms with Crippen molar-refractivity contribution in [2.45, 2.75) is 78.6 Å². The van der Waals surface area contributed by atoms with Gasteiger partial charge in [0.05, 0.1) is 18.3 Å². The standard InChI is InChI=1S/C30H38BNO7/c1-6-28(4)13-23(29(5)17(2)9-11-30(18(3)27(28)35)12-10-21(33)26(29)30)39-24(34)16-37-22-8-7-19-15-38-31(36)25(19)20(22)14-32/h6-8,17-18,23,26-27,35-36H,1,9-13,15-16H2,2-5H3/t17-,18-,23+,26-,27-,28+,29-,30-/m0/s1. The van der Waals surface area contributed by atoms with Gasteiger partial charge in [0.1, 0.15) is 23.7 Å². The van der Waals surface area contributed by atoms with E-state index in [-0.39, 0.29) is 46.9 Å². The Labute approximate surface area is 230 Å². The van der Waals surface area contributed by atoms with Gasteiger partial charge in [0, 0.05) is 28.6 Å². The van der Waals surface area contributed by atoms with Crippen LogP contribution in [-0.2, 0) is 25.6 Å². The molecule has 0 spiro atoms. The third-order valence-corrected chi connectivity index (χ3v) is 11.0. The molecule has 0 radical (unpaired) electrons. The zero-order chi connectivity index (χ0) is 28.3. The summed E-state index contributed by atoms with van der Waals surface area (Å²) in [6.07, 6.45) is 3.67. The first-order valence-electron chi connectivity index (χ1n) is 13.9. The highest BCUT2D eigenvalue weighted by molar-refractivity contribution is 6.62. The topological polar surface area (TPSA) is 126 Å². The molecule has 2 bridgehead atoms. The summed E-state index contributed by atoms with van der Waals surface area (Å²) < 4.78 is 17.2. The third-order valence-electron chi connectivity index (χ3n) is 11.0. The summed E-state index contributed by atoms with van der Waals surface area (Å²) in [6.45, 7) is 12.0. The second-order valence-electron chi connectivity index (χ2n) is 12.6. The summed E-state index contributed by atoms with van der Waals surface area (Å²) in [5, 5.41) is 31.5. The van der Waals surface area contributed by atoms with Crippen LogP contribution in [0.25, 0.3) is 0 Å². The number of ether oxygens (including phenoxy) is 2. The Bertz CT molecular complexity index is 1240. The molecule has 2 N–H and O–H groups in total. The molecule has 0 unspecified atom stereocenters. The molecule has 8 nitrogen and oxygen atoms in total. The number of carbonyl (C=O) groups is 2. The Balaban J connectivity index is 1.45. The van der Waals surface area contributed by atoms with Crippen LogP contribution < -0.4 is 10.2 Å². The minimum Gasteiger partial charge on any atom is -0.481 e. The maximum Gasteiger partial charge on any atom is 0.493 e. The van der Waals surface area contributed by atoms with Crippen molar-refractivity contribution >= 4 is 24.3 Å². The van der Waals surface area contributed by atoms with Crippen molar-refractivity contribution in [3.63, 3.8) is 0 Å². The number of hydrogen-bond acceptors (Lipinski definition) is 8. The molecule has 1 aromatic carbocycles. The predicted octanol–water partition coefficient (Wildman–Crippen LogP) is 3.06. The summed E-state index contributed by atoms with van der Waals surface area (Å²) >= 11 is 0. The summed E-state index contributed by atoms with van der Waals surface area (Å²) in [5.74, 6) is -0.553. The van der Waals surface area contributed by atoms with E-state index in [1.807, 2.05) is 6.92 Å². The molecular formula is C30H38BNO7. The Morgan fingerprint density at radius 1 is 1.33 bits per heavy atom. The minimum atomic E-state index is -1.22. The highest BCUT2D eigenvalue weighted by Crippen LogP contribution is 2.68. The van der Waals surface area contributed by atoms with Gasteiger partial charge in [-0.15, -0.1) is 6.58 Å². The first-order valence-corrected chi connectivity index (χ1v) is 13.9. The quantitative estimate of drug-likeness (QED) is 0.335. The SMILES string of the molecule is C=C[C@]1(C)C[C@@H](OC(=O)COc2ccc3c(c2C#N)B(O)OC3)[C@@]2(C)[C@@H]3C(=O)CC[C@@]3(CC[C@@H]2C)[C@@H](C)[C@@H]1O. The molecule has 3 saturated carbocycles. The molecule has 1 aliphatic heterocycles. The van der Waals surface area contributed by atoms with Gasteiger partial charge in [-0.1, -0.05) is 39.8 Å². The Morgan fingerprint density at radius 2 is 2.08 bits per heavy atom. The Morgan fingerprint density at radius 3 is 2.77 bits per heavy atom. The van der Waals surface area contributed by atoms with Gasteiger partial charge >= 0.3 is 13.1 Å². The smallest absolute Gasteiger partial charge is 0.481 e. The van der Waals surface area contributed by atoms with E-state index < -0.39 is 42.7 Å². The molecule has 4 aliphatic rings. The Kier molecular flexibility index (Phi) is 6.98. The number of nitriles is 1. The van der Waals surface area contributed by atoms with Crippen molar-refractivity contribution in [2.24, 2.45) is 34.0 Å². The fraction of sp³-hybridized carbons (Fsp3) is 0.633. The van der Waals surface area contributed by atoms with Gasteiger partial charge in [-0.25, -0.2) is 4.79 Å². The molecule has 1 aromatic rings. The molecule has 3 fully saturated rings. The number of Topliss-reactive ketones (excluding diaryl/α,β-unsaturated/α-hetero) is 1. The van der Waals surface area contributed by atoms with Crippen molar-refractivity contribution in [3.05, 3.63) is 35.9 Å². The number of hydrogen-bond donors (Lipinski definition) is 2. The van der Waals surface area contributed by atoms with Crippen LogP contribution in [-0.4, -0.2) is 47.8 Å². The lowest BCUT2D eigenvalue weighted by Crippen LogP contribution is -2.63. The molecule has 1 heterocycles. The van der Waals surface area contributed by atoms with Crippen LogP contribution >= 0.6 is 0 Å². The molecule has 0 amide bonds. The van der Waals surface area contributed by atoms with Crippen molar-refractivity contribution < 1.29 is 33.8 Å². The molecule has 0 saturated heterocycles. The fourth-order valence-electron chi connectivity index (χ4n) is 8.37. The van der Waals surface area contributed by atoms with E-state index in [0.717, 1.165) is 19.3 Å². The third kappa shape index (κ3) is 4.06. The first-order chi connectivity index (χ1) is 18.4. The first kappa shape index (κ1) is 27.9. The average Bonchev–Trinajstić information content (AvgIpc) is 3.48. The van der Waals surface area contributed by atoms with Gasteiger partial charge in [-0.2, -0.15) is 5.26 Å². The van der Waals surface area contributed by atoms with Crippen molar-refractivity contribution in [1.82, 2.24) is 0 Å². The molecule has 39 heavy (non-hydrogen) atoms. The van der Waals surface area contributed by atoms with Crippen LogP contribution in [0.15, 0.2) is 24.8 Å². The predicted molar refractivity (Wildman–Crippen MR) is 144 cm³/mol. The van der Waals surface area contributed by atoms with Crippen molar-refractivity contribution in [1.29, 1.82) is 5.26 Å². The van der Waals surface area contributed by atoms with E-state index >= 15 is 0 Å². The van der Waals surface area contributed by atoms with E-state index in [1.54, 1.807) is 18.2 Å². The summed E-state index contributed by atoms with van der Waals surface area (Å²) in [4.78, 5) is 26.8. The van der Waals surface area contributed by atoms with Gasteiger partial charge < -0.3 is 24.3 Å². The summed E-state index contributed by atoms with van der Waals surface area (Å²) in [5.41, 5.74) is -0.512. The molecule has 0 aromatic heterocycles. The normalized spacial score (nSPS) is 39.2. The largest absolute Gasteiger partial charge is 0.493 e. The van der Waals surface area contributed by atoms with Gasteiger partial charge in [0.15, 0.2) is 6.61 Å². The van der Waals surface area contributed by atoms with Crippen LogP contribution in [0.4, 0.5) is 0 Å². The number of rotatable bonds is 5. The van der Waals surface area contributed by atoms with E-state index in [0.29, 0.717) is 23.9 Å². The maximum atomic E-state index is 13.5. The van der Waals surface area contributed by atoms with Gasteiger partial charge in [-0.05, 0) is 54.6 Å². The fourth-order valence-corrected chi connectivity index (χ4v) is 8.37. The van der Waals surface area contributed by atoms with Crippen molar-refractivity contribution in [2.75, 3.05) is 6.61 Å². The highest BCUT2D eigenvalue weighted by Gasteiger charge is 2.68. The lowest BCUT2D eigenvalue weighted by atomic mass is 9.44. The molecule has 8 atom stereocenters. The minimum absolute atomic E-state index is 0.104. The second kappa shape index (κ2) is 9.76. The lowest BCUT2D eigenvalue weighted by Gasteiger charge is -2.61. The number of aliphatic hydroxyl groups excluding tert-OH is 1. The van der Waals surface area contributed by atoms with Gasteiger partial charge in [0.2, 0.25) is 0 Å². The number of ketones is 1. The molecule has 3 aliphatic carbocycles. The highest BCUT2D eigenvalue weighted by atomic mass is 16.6. The molecular weight excluding hydrogens is 497 g/mol. The number of esters is 1. The van der Waals surface area contributed by atoms with Crippen LogP contribution in [0.5, 0.6) is 5.75 Å². The molecule has 9 heteroatoms. The zero-order valence-corrected chi connectivity index (χ0v) is 23.2. The Hall–Kier alpha value is -2.67. The zero-order valence-electron chi connectivity index (χ0n) is 23.2. The van der Waals surface area contributed by atoms with Crippen LogP contribution in [0.2, 0.25) is 0 Å². The molecule has 5 rings (SSSR count). The van der Waals surface area contributed by atoms with E-state index in [4.69, 9.17) is 14.1 Å². The van der Waals surface area contributed by atoms with Crippen molar-refractivity contribution in [3.8, 4) is 11.8 Å². The van der Waals surface area contributed by atoms with E-state index in [9.17, 15) is 25.0 Å².